The summed E-state index contributed by atoms with van der Waals surface area (Å²) in [6.45, 7) is 3.48. The summed E-state index contributed by atoms with van der Waals surface area (Å²) in [6, 6.07) is 1.70. The number of amides is 3. The number of hydrogen-bond acceptors (Lipinski definition) is 8. The molecule has 2 aromatic rings. The zero-order chi connectivity index (χ0) is 30.5. The maximum Gasteiger partial charge on any atom is 0.326 e. The number of nitrogens with one attached hydrogen (secondary N) is 4. The van der Waals surface area contributed by atoms with Crippen LogP contribution in [0.2, 0.25) is 0 Å². The Morgan fingerprint density at radius 1 is 0.976 bits per heavy atom. The first-order chi connectivity index (χ1) is 19.4. The highest BCUT2D eigenvalue weighted by atomic mass is 16.4. The van der Waals surface area contributed by atoms with Gasteiger partial charge in [0.15, 0.2) is 5.96 Å². The Kier molecular flexibility index (Phi) is 12.6. The van der Waals surface area contributed by atoms with Crippen molar-refractivity contribution in [2.24, 2.45) is 28.1 Å². The number of nitrogens with two attached hydrogens (primary N) is 3. The van der Waals surface area contributed by atoms with Crippen LogP contribution >= 0.6 is 0 Å². The van der Waals surface area contributed by atoms with E-state index in [-0.39, 0.29) is 37.5 Å². The number of hydrogen-bond donors (Lipinski definition) is 9. The van der Waals surface area contributed by atoms with Crippen molar-refractivity contribution >= 4 is 29.7 Å². The molecule has 0 aliphatic heterocycles. The van der Waals surface area contributed by atoms with Gasteiger partial charge in [-0.3, -0.25) is 19.4 Å². The van der Waals surface area contributed by atoms with Gasteiger partial charge in [-0.05, 0) is 42.9 Å². The minimum atomic E-state index is -1.22. The van der Waals surface area contributed by atoms with Gasteiger partial charge in [-0.25, -0.2) is 9.78 Å². The Labute approximate surface area is 237 Å². The number of phenolic OH excluding ortho intramolecular Hbond substituents is 1. The number of guanidine groups is 1. The molecular weight excluding hydrogens is 534 g/mol. The second-order valence-corrected chi connectivity index (χ2v) is 9.90. The van der Waals surface area contributed by atoms with Crippen molar-refractivity contribution in [3.8, 4) is 5.75 Å². The molecule has 0 radical (unpaired) electrons. The van der Waals surface area contributed by atoms with Crippen molar-refractivity contribution < 1.29 is 29.4 Å². The fourth-order valence-electron chi connectivity index (χ4n) is 3.90. The van der Waals surface area contributed by atoms with Crippen molar-refractivity contribution in [3.63, 3.8) is 0 Å². The minimum Gasteiger partial charge on any atom is -0.508 e. The van der Waals surface area contributed by atoms with E-state index >= 15 is 0 Å². The lowest BCUT2D eigenvalue weighted by atomic mass is 10.0. The summed E-state index contributed by atoms with van der Waals surface area (Å²) in [5.74, 6) is -3.70. The topological polar surface area (TPSA) is 264 Å². The van der Waals surface area contributed by atoms with Crippen LogP contribution in [0.25, 0.3) is 0 Å². The van der Waals surface area contributed by atoms with Crippen molar-refractivity contribution in [1.29, 1.82) is 0 Å². The van der Waals surface area contributed by atoms with Gasteiger partial charge in [-0.15, -0.1) is 0 Å². The highest BCUT2D eigenvalue weighted by Crippen LogP contribution is 2.11. The number of nitrogens with zero attached hydrogens (tertiary/aromatic N) is 2. The van der Waals surface area contributed by atoms with Gasteiger partial charge in [0.1, 0.15) is 23.9 Å². The molecule has 0 fully saturated rings. The molecular formula is C26H39N9O6. The summed E-state index contributed by atoms with van der Waals surface area (Å²) in [5, 5.41) is 26.7. The number of aromatic amines is 1. The van der Waals surface area contributed by atoms with E-state index in [9.17, 15) is 29.4 Å². The Bertz CT molecular complexity index is 1180. The monoisotopic (exact) mass is 573 g/mol. The molecule has 2 rings (SSSR count). The van der Waals surface area contributed by atoms with Gasteiger partial charge in [-0.1, -0.05) is 26.0 Å². The lowest BCUT2D eigenvalue weighted by Crippen LogP contribution is -2.58. The van der Waals surface area contributed by atoms with Crippen molar-refractivity contribution in [2.75, 3.05) is 6.54 Å². The number of imidazole rings is 1. The zero-order valence-electron chi connectivity index (χ0n) is 23.0. The standard InChI is InChI=1S/C26H39N9O6/c1-14(2)21(25(40)41)35-24(39)20(11-16-12-30-13-32-16)34-23(38)19(4-3-9-31-26(28)29)33-22(37)18(27)10-15-5-7-17(36)8-6-15/h5-8,12-14,18-21,36H,3-4,9-11,27H2,1-2H3,(H,30,32)(H,33,37)(H,34,38)(H,35,39)(H,40,41)(H4,28,29,31). The number of carbonyl (C=O) groups excluding carboxylic acids is 3. The fraction of sp³-hybridized carbons (Fsp3) is 0.462. The van der Waals surface area contributed by atoms with Crippen LogP contribution in [0.15, 0.2) is 41.8 Å². The molecule has 15 heteroatoms. The van der Waals surface area contributed by atoms with Crippen LogP contribution in [-0.4, -0.2) is 80.5 Å². The maximum atomic E-state index is 13.4. The first kappa shape index (κ1) is 32.6. The third kappa shape index (κ3) is 11.2. The van der Waals surface area contributed by atoms with Crippen LogP contribution in [0.1, 0.15) is 37.9 Å². The Morgan fingerprint density at radius 2 is 1.61 bits per heavy atom. The molecule has 4 unspecified atom stereocenters. The largest absolute Gasteiger partial charge is 0.508 e. The number of phenols is 1. The normalized spacial score (nSPS) is 13.9. The summed E-state index contributed by atoms with van der Waals surface area (Å²) in [5.41, 5.74) is 18.1. The molecule has 3 amide bonds. The average molecular weight is 574 g/mol. The molecule has 1 aromatic heterocycles. The van der Waals surface area contributed by atoms with E-state index in [1.807, 2.05) is 0 Å². The van der Waals surface area contributed by atoms with Crippen LogP contribution in [0.4, 0.5) is 0 Å². The lowest BCUT2D eigenvalue weighted by molar-refractivity contribution is -0.143. The molecule has 4 atom stereocenters. The molecule has 41 heavy (non-hydrogen) atoms. The molecule has 1 heterocycles. The second kappa shape index (κ2) is 15.8. The third-order valence-corrected chi connectivity index (χ3v) is 6.15. The Balaban J connectivity index is 2.20. The van der Waals surface area contributed by atoms with E-state index in [2.05, 4.69) is 30.9 Å². The molecule has 0 saturated carbocycles. The number of benzene rings is 1. The molecule has 0 bridgehead atoms. The minimum absolute atomic E-state index is 0.0168. The quantitative estimate of drug-likeness (QED) is 0.0635. The number of carbonyl (C=O) groups is 4. The predicted octanol–water partition coefficient (Wildman–Crippen LogP) is -1.52. The van der Waals surface area contributed by atoms with Crippen molar-refractivity contribution in [3.05, 3.63) is 48.0 Å². The predicted molar refractivity (Wildman–Crippen MR) is 150 cm³/mol. The van der Waals surface area contributed by atoms with E-state index in [4.69, 9.17) is 17.2 Å². The third-order valence-electron chi connectivity index (χ3n) is 6.15. The van der Waals surface area contributed by atoms with Gasteiger partial charge >= 0.3 is 5.97 Å². The summed E-state index contributed by atoms with van der Waals surface area (Å²) in [6.07, 6.45) is 3.43. The SMILES string of the molecule is CC(C)C(NC(=O)C(Cc1cnc[nH]1)NC(=O)C(CCCN=C(N)N)NC(=O)C(N)Cc1ccc(O)cc1)C(=O)O. The van der Waals surface area contributed by atoms with E-state index in [0.29, 0.717) is 17.7 Å². The first-order valence-electron chi connectivity index (χ1n) is 13.1. The van der Waals surface area contributed by atoms with Crippen molar-refractivity contribution in [2.45, 2.75) is 63.7 Å². The van der Waals surface area contributed by atoms with E-state index in [1.54, 1.807) is 26.0 Å². The number of carboxylic acids is 1. The van der Waals surface area contributed by atoms with Gasteiger partial charge in [0.2, 0.25) is 17.7 Å². The van der Waals surface area contributed by atoms with Crippen LogP contribution in [0.5, 0.6) is 5.75 Å². The number of H-pyrrole nitrogens is 1. The molecule has 0 aliphatic rings. The molecule has 0 aliphatic carbocycles. The summed E-state index contributed by atoms with van der Waals surface area (Å²) in [4.78, 5) is 61.8. The molecule has 15 nitrogen and oxygen atoms in total. The molecule has 0 spiro atoms. The molecule has 12 N–H and O–H groups in total. The van der Waals surface area contributed by atoms with Gasteiger partial charge in [0.05, 0.1) is 12.4 Å². The fourth-order valence-corrected chi connectivity index (χ4v) is 3.90. The summed E-state index contributed by atoms with van der Waals surface area (Å²) < 4.78 is 0. The maximum absolute atomic E-state index is 13.4. The van der Waals surface area contributed by atoms with Crippen LogP contribution in [-0.2, 0) is 32.0 Å². The summed E-state index contributed by atoms with van der Waals surface area (Å²) >= 11 is 0. The smallest absolute Gasteiger partial charge is 0.326 e. The van der Waals surface area contributed by atoms with Gasteiger partial charge < -0.3 is 48.3 Å². The number of carboxylic acid groups (broad SMARTS) is 1. The molecule has 0 saturated heterocycles. The number of aliphatic imine (C=N–C) groups is 1. The van der Waals surface area contributed by atoms with Crippen LogP contribution in [0.3, 0.4) is 0 Å². The lowest BCUT2D eigenvalue weighted by Gasteiger charge is -2.26. The molecule has 1 aromatic carbocycles. The van der Waals surface area contributed by atoms with Gasteiger partial charge in [-0.2, -0.15) is 0 Å². The highest BCUT2D eigenvalue weighted by molar-refractivity contribution is 5.94. The summed E-state index contributed by atoms with van der Waals surface area (Å²) in [7, 11) is 0. The van der Waals surface area contributed by atoms with Crippen molar-refractivity contribution in [1.82, 2.24) is 25.9 Å². The van der Waals surface area contributed by atoms with E-state index in [0.717, 1.165) is 0 Å². The van der Waals surface area contributed by atoms with E-state index in [1.165, 1.54) is 24.7 Å². The Hall–Kier alpha value is -4.66. The number of rotatable bonds is 16. The number of aromatic nitrogens is 2. The second-order valence-electron chi connectivity index (χ2n) is 9.90. The van der Waals surface area contributed by atoms with Crippen LogP contribution in [0, 0.1) is 5.92 Å². The van der Waals surface area contributed by atoms with Crippen LogP contribution < -0.4 is 33.2 Å². The molecule has 224 valence electrons. The van der Waals surface area contributed by atoms with Gasteiger partial charge in [0.25, 0.3) is 0 Å². The zero-order valence-corrected chi connectivity index (χ0v) is 23.0. The number of aliphatic carboxylic acids is 1. The van der Waals surface area contributed by atoms with Gasteiger partial charge in [0, 0.05) is 24.9 Å². The highest BCUT2D eigenvalue weighted by Gasteiger charge is 2.31. The average Bonchev–Trinajstić information content (AvgIpc) is 3.42. The number of aromatic hydroxyl groups is 1. The first-order valence-corrected chi connectivity index (χ1v) is 13.1. The Morgan fingerprint density at radius 3 is 2.17 bits per heavy atom. The van der Waals surface area contributed by atoms with E-state index < -0.39 is 53.8 Å².